The molecule has 1 fully saturated rings. The van der Waals surface area contributed by atoms with Crippen LogP contribution in [0.25, 0.3) is 11.2 Å². The van der Waals surface area contributed by atoms with Crippen LogP contribution in [0.4, 0.5) is 0 Å². The fourth-order valence-corrected chi connectivity index (χ4v) is 3.28. The minimum absolute atomic E-state index is 0.405. The number of nitrogens with zero attached hydrogens (tertiary/aromatic N) is 3. The van der Waals surface area contributed by atoms with Gasteiger partial charge in [-0.05, 0) is 45.1 Å². The number of nitrogens with one attached hydrogen (secondary N) is 1. The molecule has 0 amide bonds. The average molecular weight is 292 g/mol. The van der Waals surface area contributed by atoms with Crippen LogP contribution in [0, 0.1) is 4.77 Å². The Morgan fingerprint density at radius 2 is 2.25 bits per heavy atom. The number of ether oxygens (including phenoxy) is 1. The minimum atomic E-state index is 0.405. The molecule has 0 radical (unpaired) electrons. The summed E-state index contributed by atoms with van der Waals surface area (Å²) in [6.45, 7) is 3.35. The molecular formula is C14H20N4OS. The Labute approximate surface area is 123 Å². The number of methoxy groups -OCH3 is 1. The van der Waals surface area contributed by atoms with Gasteiger partial charge in [-0.15, -0.1) is 0 Å². The monoisotopic (exact) mass is 292 g/mol. The van der Waals surface area contributed by atoms with Crippen molar-refractivity contribution in [2.75, 3.05) is 20.7 Å². The summed E-state index contributed by atoms with van der Waals surface area (Å²) < 4.78 is 8.15. The number of pyridine rings is 1. The van der Waals surface area contributed by atoms with Gasteiger partial charge in [-0.2, -0.15) is 4.98 Å². The zero-order valence-corrected chi connectivity index (χ0v) is 12.9. The van der Waals surface area contributed by atoms with Gasteiger partial charge >= 0.3 is 0 Å². The second kappa shape index (κ2) is 5.18. The Morgan fingerprint density at radius 1 is 1.45 bits per heavy atom. The molecule has 0 aliphatic carbocycles. The lowest BCUT2D eigenvalue weighted by Crippen LogP contribution is -2.38. The number of piperidine rings is 1. The number of aromatic nitrogens is 3. The first-order chi connectivity index (χ1) is 9.60. The van der Waals surface area contributed by atoms with Gasteiger partial charge in [0.15, 0.2) is 10.4 Å². The first-order valence-corrected chi connectivity index (χ1v) is 7.36. The molecule has 20 heavy (non-hydrogen) atoms. The second-order valence-corrected chi connectivity index (χ2v) is 5.92. The lowest BCUT2D eigenvalue weighted by Gasteiger charge is -2.35. The molecule has 2 aromatic heterocycles. The van der Waals surface area contributed by atoms with Crippen LogP contribution in [-0.2, 0) is 0 Å². The fraction of sp³-hybridized carbons (Fsp3) is 0.571. The van der Waals surface area contributed by atoms with Crippen LogP contribution in [0.15, 0.2) is 12.1 Å². The molecule has 5 nitrogen and oxygen atoms in total. The molecule has 1 saturated heterocycles. The third kappa shape index (κ3) is 2.23. The topological polar surface area (TPSA) is 46.1 Å². The van der Waals surface area contributed by atoms with Gasteiger partial charge in [0.2, 0.25) is 5.88 Å². The first kappa shape index (κ1) is 13.6. The standard InChI is InChI=1S/C14H20N4OS/c1-9-8-10(6-7-17(9)2)18-13-11(15-14(18)20)4-5-12(16-13)19-3/h4-5,9-10H,6-8H2,1-3H3,(H,15,20). The molecule has 2 aromatic rings. The largest absolute Gasteiger partial charge is 0.481 e. The van der Waals surface area contributed by atoms with Crippen LogP contribution in [0.3, 0.4) is 0 Å². The van der Waals surface area contributed by atoms with Crippen molar-refractivity contribution in [1.82, 2.24) is 19.4 Å². The van der Waals surface area contributed by atoms with Gasteiger partial charge in [0.25, 0.3) is 0 Å². The molecule has 0 aromatic carbocycles. The molecule has 0 bridgehead atoms. The van der Waals surface area contributed by atoms with Crippen LogP contribution in [0.2, 0.25) is 0 Å². The van der Waals surface area contributed by atoms with Gasteiger partial charge < -0.3 is 14.6 Å². The SMILES string of the molecule is COc1ccc2[nH]c(=S)n(C3CCN(C)C(C)C3)c2n1. The van der Waals surface area contributed by atoms with E-state index < -0.39 is 0 Å². The first-order valence-electron chi connectivity index (χ1n) is 6.95. The number of rotatable bonds is 2. The number of hydrogen-bond donors (Lipinski definition) is 1. The Hall–Kier alpha value is -1.40. The van der Waals surface area contributed by atoms with E-state index in [2.05, 4.69) is 33.4 Å². The normalized spacial score (nSPS) is 24.1. The van der Waals surface area contributed by atoms with E-state index in [-0.39, 0.29) is 0 Å². The van der Waals surface area contributed by atoms with Crippen LogP contribution in [-0.4, -0.2) is 46.2 Å². The second-order valence-electron chi connectivity index (χ2n) is 5.53. The van der Waals surface area contributed by atoms with E-state index in [1.54, 1.807) is 7.11 Å². The number of hydrogen-bond acceptors (Lipinski definition) is 4. The summed E-state index contributed by atoms with van der Waals surface area (Å²) in [5, 5.41) is 0. The summed E-state index contributed by atoms with van der Waals surface area (Å²) in [7, 11) is 3.81. The molecule has 3 heterocycles. The van der Waals surface area contributed by atoms with Crippen LogP contribution < -0.4 is 4.74 Å². The van der Waals surface area contributed by atoms with Crippen molar-refractivity contribution >= 4 is 23.4 Å². The lowest BCUT2D eigenvalue weighted by atomic mass is 9.99. The van der Waals surface area contributed by atoms with Crippen LogP contribution >= 0.6 is 12.2 Å². The fourth-order valence-electron chi connectivity index (χ4n) is 2.94. The third-order valence-corrected chi connectivity index (χ3v) is 4.59. The number of aromatic amines is 1. The van der Waals surface area contributed by atoms with Gasteiger partial charge in [0, 0.05) is 24.7 Å². The van der Waals surface area contributed by atoms with Gasteiger partial charge in [-0.3, -0.25) is 4.57 Å². The number of H-pyrrole nitrogens is 1. The highest BCUT2D eigenvalue weighted by Crippen LogP contribution is 2.29. The number of imidazole rings is 1. The van der Waals surface area contributed by atoms with Gasteiger partial charge in [0.05, 0.1) is 12.6 Å². The summed E-state index contributed by atoms with van der Waals surface area (Å²) in [4.78, 5) is 10.2. The summed E-state index contributed by atoms with van der Waals surface area (Å²) >= 11 is 5.49. The summed E-state index contributed by atoms with van der Waals surface area (Å²) in [5.41, 5.74) is 1.87. The maximum Gasteiger partial charge on any atom is 0.215 e. The zero-order valence-electron chi connectivity index (χ0n) is 12.1. The average Bonchev–Trinajstić information content (AvgIpc) is 2.77. The van der Waals surface area contributed by atoms with E-state index in [0.29, 0.717) is 18.0 Å². The van der Waals surface area contributed by atoms with E-state index in [4.69, 9.17) is 17.0 Å². The highest BCUT2D eigenvalue weighted by molar-refractivity contribution is 7.71. The number of fused-ring (bicyclic) bond motifs is 1. The minimum Gasteiger partial charge on any atom is -0.481 e. The van der Waals surface area contributed by atoms with E-state index in [0.717, 1.165) is 35.3 Å². The van der Waals surface area contributed by atoms with Gasteiger partial charge in [0.1, 0.15) is 0 Å². The summed E-state index contributed by atoms with van der Waals surface area (Å²) in [5.74, 6) is 0.626. The molecule has 0 spiro atoms. The molecular weight excluding hydrogens is 272 g/mol. The molecule has 1 aliphatic heterocycles. The maximum atomic E-state index is 5.49. The van der Waals surface area contributed by atoms with Crippen LogP contribution in [0.1, 0.15) is 25.8 Å². The molecule has 6 heteroatoms. The predicted molar refractivity (Wildman–Crippen MR) is 81.8 cm³/mol. The van der Waals surface area contributed by atoms with Crippen molar-refractivity contribution in [1.29, 1.82) is 0 Å². The Bertz CT molecular complexity index is 677. The molecule has 1 aliphatic rings. The lowest BCUT2D eigenvalue weighted by molar-refractivity contribution is 0.157. The van der Waals surface area contributed by atoms with E-state index in [1.165, 1.54) is 0 Å². The molecule has 1 N–H and O–H groups in total. The molecule has 108 valence electrons. The molecule has 0 saturated carbocycles. The third-order valence-electron chi connectivity index (χ3n) is 4.29. The highest BCUT2D eigenvalue weighted by atomic mass is 32.1. The zero-order chi connectivity index (χ0) is 14.3. The van der Waals surface area contributed by atoms with E-state index >= 15 is 0 Å². The van der Waals surface area contributed by atoms with Gasteiger partial charge in [-0.25, -0.2) is 0 Å². The van der Waals surface area contributed by atoms with E-state index in [9.17, 15) is 0 Å². The van der Waals surface area contributed by atoms with Crippen molar-refractivity contribution in [2.45, 2.75) is 31.8 Å². The van der Waals surface area contributed by atoms with Crippen molar-refractivity contribution < 1.29 is 4.74 Å². The summed E-state index contributed by atoms with van der Waals surface area (Å²) in [6.07, 6.45) is 2.19. The van der Waals surface area contributed by atoms with Crippen molar-refractivity contribution in [3.05, 3.63) is 16.9 Å². The van der Waals surface area contributed by atoms with Crippen molar-refractivity contribution in [3.63, 3.8) is 0 Å². The Balaban J connectivity index is 2.06. The smallest absolute Gasteiger partial charge is 0.215 e. The van der Waals surface area contributed by atoms with E-state index in [1.807, 2.05) is 12.1 Å². The van der Waals surface area contributed by atoms with Crippen molar-refractivity contribution in [3.8, 4) is 5.88 Å². The van der Waals surface area contributed by atoms with Crippen LogP contribution in [0.5, 0.6) is 5.88 Å². The van der Waals surface area contributed by atoms with Crippen molar-refractivity contribution in [2.24, 2.45) is 0 Å². The Kier molecular flexibility index (Phi) is 3.52. The molecule has 2 atom stereocenters. The molecule has 2 unspecified atom stereocenters. The van der Waals surface area contributed by atoms with Gasteiger partial charge in [-0.1, -0.05) is 0 Å². The predicted octanol–water partition coefficient (Wildman–Crippen LogP) is 2.76. The highest BCUT2D eigenvalue weighted by Gasteiger charge is 2.26. The summed E-state index contributed by atoms with van der Waals surface area (Å²) in [6, 6.07) is 4.80. The Morgan fingerprint density at radius 3 is 2.95 bits per heavy atom. The quantitative estimate of drug-likeness (QED) is 0.865. The maximum absolute atomic E-state index is 5.49. The number of likely N-dealkylation sites (tertiary alicyclic amines) is 1. The molecule has 3 rings (SSSR count).